The highest BCUT2D eigenvalue weighted by Gasteiger charge is 2.51. The van der Waals surface area contributed by atoms with Crippen molar-refractivity contribution < 1.29 is 16.5 Å². The highest BCUT2D eigenvalue weighted by molar-refractivity contribution is 6.99. The summed E-state index contributed by atoms with van der Waals surface area (Å²) in [7, 11) is -11.0. The second kappa shape index (κ2) is 10.6. The molecule has 0 fully saturated rings. The van der Waals surface area contributed by atoms with Crippen molar-refractivity contribution in [1.29, 1.82) is 0 Å². The van der Waals surface area contributed by atoms with E-state index in [4.69, 9.17) is 16.5 Å². The Morgan fingerprint density at radius 3 is 1.62 bits per heavy atom. The average Bonchev–Trinajstić information content (AvgIpc) is 2.48. The predicted octanol–water partition coefficient (Wildman–Crippen LogP) is 5.14. The molecule has 166 valence electrons. The zero-order valence-corrected chi connectivity index (χ0v) is 27.0. The molecule has 0 saturated heterocycles. The minimum atomic E-state index is -3.04. The Balaban J connectivity index is 3.54. The van der Waals surface area contributed by atoms with Gasteiger partial charge < -0.3 is 16.5 Å². The van der Waals surface area contributed by atoms with E-state index in [0.29, 0.717) is 0 Å². The van der Waals surface area contributed by atoms with Gasteiger partial charge in [-0.3, -0.25) is 0 Å². The summed E-state index contributed by atoms with van der Waals surface area (Å²) in [6.45, 7) is 24.7. The standard InChI is InChI=1S/C19H42O4Si6/c1-25(2)19(17-18-15-13-12-14-16-18)29(22-27(6,7)8,23-28(9,10)11)21-24-20-26(3,4)5/h12-17,25H,24H2,1-11H3. The third kappa shape index (κ3) is 10.8. The summed E-state index contributed by atoms with van der Waals surface area (Å²) in [5.41, 5.74) is 1.19. The van der Waals surface area contributed by atoms with Gasteiger partial charge in [0.2, 0.25) is 0 Å². The molecule has 0 unspecified atom stereocenters. The second-order valence-corrected chi connectivity index (χ2v) is 32.7. The lowest BCUT2D eigenvalue weighted by molar-refractivity contribution is 0.261. The molecular weight excluding hydrogens is 461 g/mol. The minimum absolute atomic E-state index is 1.19. The molecule has 0 saturated carbocycles. The maximum Gasteiger partial charge on any atom is 0.498 e. The van der Waals surface area contributed by atoms with E-state index in [1.807, 2.05) is 0 Å². The Morgan fingerprint density at radius 2 is 1.24 bits per heavy atom. The Hall–Kier alpha value is 0.101. The van der Waals surface area contributed by atoms with Crippen molar-refractivity contribution in [3.05, 3.63) is 40.7 Å². The van der Waals surface area contributed by atoms with Gasteiger partial charge in [-0.2, -0.15) is 0 Å². The van der Waals surface area contributed by atoms with Crippen molar-refractivity contribution in [3.63, 3.8) is 0 Å². The maximum atomic E-state index is 6.92. The van der Waals surface area contributed by atoms with Gasteiger partial charge in [-0.05, 0) is 69.3 Å². The van der Waals surface area contributed by atoms with Crippen LogP contribution < -0.4 is 0 Å². The average molecular weight is 503 g/mol. The summed E-state index contributed by atoms with van der Waals surface area (Å²) in [6.07, 6.45) is 2.30. The lowest BCUT2D eigenvalue weighted by Gasteiger charge is -2.42. The van der Waals surface area contributed by atoms with E-state index < -0.39 is 52.6 Å². The number of rotatable bonds is 11. The van der Waals surface area contributed by atoms with Gasteiger partial charge in [0.25, 0.3) is 10.0 Å². The minimum Gasteiger partial charge on any atom is -0.441 e. The normalized spacial score (nSPS) is 15.0. The van der Waals surface area contributed by atoms with Crippen LogP contribution in [0.2, 0.25) is 72.0 Å². The fourth-order valence-corrected chi connectivity index (χ4v) is 21.2. The molecule has 0 spiro atoms. The van der Waals surface area contributed by atoms with Crippen LogP contribution in [0, 0.1) is 0 Å². The zero-order valence-electron chi connectivity index (χ0n) is 20.4. The van der Waals surface area contributed by atoms with E-state index in [2.05, 4.69) is 108 Å². The lowest BCUT2D eigenvalue weighted by atomic mass is 10.2. The first kappa shape index (κ1) is 27.1. The van der Waals surface area contributed by atoms with Crippen LogP contribution in [0.4, 0.5) is 0 Å². The van der Waals surface area contributed by atoms with Crippen LogP contribution in [0.15, 0.2) is 35.2 Å². The van der Waals surface area contributed by atoms with Crippen LogP contribution in [-0.4, -0.2) is 52.6 Å². The first-order chi connectivity index (χ1) is 13.0. The number of hydrogen-bond donors (Lipinski definition) is 0. The Morgan fingerprint density at radius 1 is 0.759 bits per heavy atom. The van der Waals surface area contributed by atoms with Gasteiger partial charge in [-0.25, -0.2) is 0 Å². The summed E-state index contributed by atoms with van der Waals surface area (Å²) in [5, 5.41) is 0. The summed E-state index contributed by atoms with van der Waals surface area (Å²) in [4.78, 5) is 1.31. The highest BCUT2D eigenvalue weighted by Crippen LogP contribution is 2.31. The molecule has 0 aromatic heterocycles. The first-order valence-corrected chi connectivity index (χ1v) is 26.5. The molecule has 1 aromatic carbocycles. The van der Waals surface area contributed by atoms with E-state index in [9.17, 15) is 0 Å². The molecule has 0 N–H and O–H groups in total. The van der Waals surface area contributed by atoms with Gasteiger partial charge in [0.05, 0.1) is 8.80 Å². The van der Waals surface area contributed by atoms with Gasteiger partial charge in [-0.15, -0.1) is 0 Å². The SMILES string of the molecule is C[SiH](C)C(=Cc1ccccc1)[Si](O[SiH2]O[Si](C)(C)C)(O[Si](C)(C)C)O[Si](C)(C)C. The van der Waals surface area contributed by atoms with E-state index >= 15 is 0 Å². The zero-order chi connectivity index (χ0) is 22.5. The molecule has 10 heteroatoms. The second-order valence-electron chi connectivity index (χ2n) is 10.7. The van der Waals surface area contributed by atoms with Crippen molar-refractivity contribution in [2.45, 2.75) is 72.0 Å². The van der Waals surface area contributed by atoms with E-state index in [-0.39, 0.29) is 0 Å². The van der Waals surface area contributed by atoms with Crippen molar-refractivity contribution in [2.24, 2.45) is 0 Å². The third-order valence-electron chi connectivity index (χ3n) is 3.72. The quantitative estimate of drug-likeness (QED) is 0.392. The van der Waals surface area contributed by atoms with Crippen molar-refractivity contribution in [3.8, 4) is 0 Å². The molecular formula is C19H42O4Si6. The number of hydrogen-bond acceptors (Lipinski definition) is 4. The van der Waals surface area contributed by atoms with Crippen molar-refractivity contribution >= 4 is 58.6 Å². The van der Waals surface area contributed by atoms with Crippen LogP contribution in [0.25, 0.3) is 6.08 Å². The van der Waals surface area contributed by atoms with Crippen molar-refractivity contribution in [1.82, 2.24) is 0 Å². The van der Waals surface area contributed by atoms with E-state index in [1.165, 1.54) is 10.4 Å². The third-order valence-corrected chi connectivity index (χ3v) is 21.8. The fraction of sp³-hybridized carbons (Fsp3) is 0.579. The van der Waals surface area contributed by atoms with E-state index in [1.54, 1.807) is 0 Å². The molecule has 0 amide bonds. The van der Waals surface area contributed by atoms with Gasteiger partial charge in [0.1, 0.15) is 0 Å². The molecule has 0 heterocycles. The van der Waals surface area contributed by atoms with Gasteiger partial charge in [0, 0.05) is 0 Å². The fourth-order valence-electron chi connectivity index (χ4n) is 2.71. The summed E-state index contributed by atoms with van der Waals surface area (Å²) in [5.74, 6) is 0. The summed E-state index contributed by atoms with van der Waals surface area (Å²) >= 11 is 0. The molecule has 0 aliphatic heterocycles. The molecule has 0 aliphatic rings. The molecule has 0 bridgehead atoms. The van der Waals surface area contributed by atoms with Crippen LogP contribution in [0.5, 0.6) is 0 Å². The Kier molecular flexibility index (Phi) is 9.93. The first-order valence-electron chi connectivity index (χ1n) is 10.5. The molecule has 29 heavy (non-hydrogen) atoms. The molecule has 1 aromatic rings. The van der Waals surface area contributed by atoms with Gasteiger partial charge >= 0.3 is 8.80 Å². The van der Waals surface area contributed by atoms with Crippen LogP contribution in [0.3, 0.4) is 0 Å². The van der Waals surface area contributed by atoms with Crippen molar-refractivity contribution in [2.75, 3.05) is 0 Å². The summed E-state index contributed by atoms with van der Waals surface area (Å²) < 4.78 is 26.8. The largest absolute Gasteiger partial charge is 0.498 e. The Labute approximate surface area is 187 Å². The smallest absolute Gasteiger partial charge is 0.441 e. The van der Waals surface area contributed by atoms with Crippen LogP contribution >= 0.6 is 0 Å². The highest BCUT2D eigenvalue weighted by atomic mass is 28.5. The van der Waals surface area contributed by atoms with Gasteiger partial charge in [0.15, 0.2) is 25.0 Å². The van der Waals surface area contributed by atoms with Gasteiger partial charge in [-0.1, -0.05) is 49.5 Å². The molecule has 0 aliphatic carbocycles. The summed E-state index contributed by atoms with van der Waals surface area (Å²) in [6, 6.07) is 10.5. The monoisotopic (exact) mass is 502 g/mol. The maximum absolute atomic E-state index is 6.92. The number of benzene rings is 1. The molecule has 4 nitrogen and oxygen atoms in total. The van der Waals surface area contributed by atoms with Crippen LogP contribution in [-0.2, 0) is 16.5 Å². The topological polar surface area (TPSA) is 36.9 Å². The Bertz CT molecular complexity index is 644. The molecule has 1 rings (SSSR count). The molecule has 0 radical (unpaired) electrons. The van der Waals surface area contributed by atoms with Crippen LogP contribution in [0.1, 0.15) is 5.56 Å². The molecule has 0 atom stereocenters. The predicted molar refractivity (Wildman–Crippen MR) is 142 cm³/mol. The van der Waals surface area contributed by atoms with E-state index in [0.717, 1.165) is 0 Å². The lowest BCUT2D eigenvalue weighted by Crippen LogP contribution is -2.61.